The number of rotatable bonds is 6. The number of benzene rings is 2. The van der Waals surface area contributed by atoms with Gasteiger partial charge in [-0.05, 0) is 28.6 Å². The van der Waals surface area contributed by atoms with Gasteiger partial charge in [-0.1, -0.05) is 48.0 Å². The number of aliphatic carboxylic acids is 1. The average molecular weight is 421 g/mol. The van der Waals surface area contributed by atoms with Crippen LogP contribution in [0.1, 0.15) is 0 Å². The van der Waals surface area contributed by atoms with Crippen molar-refractivity contribution in [2.75, 3.05) is 18.5 Å². The van der Waals surface area contributed by atoms with Crippen LogP contribution < -0.4 is 10.0 Å². The minimum Gasteiger partial charge on any atom is -0.548 e. The largest absolute Gasteiger partial charge is 0.548 e. The van der Waals surface area contributed by atoms with Crippen LogP contribution in [0.25, 0.3) is 28.3 Å². The normalized spacial score (nSPS) is 10.7. The van der Waals surface area contributed by atoms with E-state index < -0.39 is 5.97 Å². The van der Waals surface area contributed by atoms with E-state index in [1.807, 2.05) is 48.5 Å². The minimum absolute atomic E-state index is 0.205. The first-order valence-electron chi connectivity index (χ1n) is 8.91. The maximum Gasteiger partial charge on any atom is 0.225 e. The zero-order chi connectivity index (χ0) is 21.1. The number of carboxylic acid groups (broad SMARTS) is 1. The van der Waals surface area contributed by atoms with E-state index in [2.05, 4.69) is 25.5 Å². The maximum atomic E-state index is 11.0. The van der Waals surface area contributed by atoms with Crippen molar-refractivity contribution in [3.05, 3.63) is 65.8 Å². The fraction of sp³-hybridized carbons (Fsp3) is 0.100. The van der Waals surface area contributed by atoms with Crippen molar-refractivity contribution in [3.8, 4) is 28.3 Å². The molecule has 0 bridgehead atoms. The molecule has 0 atom stereocenters. The number of carbonyl (C=O) groups excluding carboxylic acids is 1. The highest BCUT2D eigenvalue weighted by Gasteiger charge is 2.20. The number of para-hydroxylation sites is 1. The van der Waals surface area contributed by atoms with Crippen LogP contribution in [0.4, 0.5) is 5.95 Å². The summed E-state index contributed by atoms with van der Waals surface area (Å²) >= 11 is 6.43. The Morgan fingerprint density at radius 3 is 2.57 bits per heavy atom. The number of hydrogen-bond acceptors (Lipinski definition) is 8. The van der Waals surface area contributed by atoms with Gasteiger partial charge in [-0.2, -0.15) is 4.68 Å². The smallest absolute Gasteiger partial charge is 0.225 e. The molecule has 2 aromatic heterocycles. The maximum absolute atomic E-state index is 11.0. The van der Waals surface area contributed by atoms with Crippen LogP contribution in [-0.4, -0.2) is 49.7 Å². The Hall–Kier alpha value is -3.85. The Morgan fingerprint density at radius 2 is 1.83 bits per heavy atom. The molecule has 2 heterocycles. The predicted molar refractivity (Wildman–Crippen MR) is 109 cm³/mol. The molecule has 10 heteroatoms. The predicted octanol–water partition coefficient (Wildman–Crippen LogP) is 1.63. The molecule has 0 aliphatic rings. The number of nitrogens with zero attached hydrogens (tertiary/aromatic N) is 7. The third-order valence-corrected chi connectivity index (χ3v) is 4.65. The molecule has 4 rings (SSSR count). The first-order valence-corrected chi connectivity index (χ1v) is 9.29. The van der Waals surface area contributed by atoms with Crippen LogP contribution in [-0.2, 0) is 4.79 Å². The number of halogens is 1. The number of carboxylic acids is 1. The molecule has 0 saturated heterocycles. The second kappa shape index (κ2) is 8.26. The number of carbonyl (C=O) groups is 1. The number of likely N-dealkylation sites (N-methyl/N-ethyl adjacent to an activating group) is 1. The molecule has 0 fully saturated rings. The second-order valence-corrected chi connectivity index (χ2v) is 6.80. The van der Waals surface area contributed by atoms with Crippen LogP contribution in [0, 0.1) is 0 Å². The van der Waals surface area contributed by atoms with Crippen LogP contribution in [0.5, 0.6) is 0 Å². The van der Waals surface area contributed by atoms with Crippen molar-refractivity contribution in [2.24, 2.45) is 0 Å². The van der Waals surface area contributed by atoms with Crippen molar-refractivity contribution in [2.45, 2.75) is 0 Å². The van der Waals surface area contributed by atoms with Gasteiger partial charge >= 0.3 is 0 Å². The van der Waals surface area contributed by atoms with Crippen LogP contribution in [0.15, 0.2) is 60.8 Å². The third kappa shape index (κ3) is 3.83. The zero-order valence-corrected chi connectivity index (χ0v) is 16.6. The van der Waals surface area contributed by atoms with Gasteiger partial charge in [0.1, 0.15) is 0 Å². The summed E-state index contributed by atoms with van der Waals surface area (Å²) in [6.45, 7) is -0.358. The molecule has 0 N–H and O–H groups in total. The monoisotopic (exact) mass is 420 g/mol. The van der Waals surface area contributed by atoms with E-state index in [4.69, 9.17) is 11.6 Å². The van der Waals surface area contributed by atoms with Gasteiger partial charge in [-0.15, -0.1) is 5.10 Å². The first-order chi connectivity index (χ1) is 14.5. The summed E-state index contributed by atoms with van der Waals surface area (Å²) in [6, 6.07) is 16.6. The molecule has 0 aliphatic heterocycles. The van der Waals surface area contributed by atoms with E-state index in [0.29, 0.717) is 27.7 Å². The Kier molecular flexibility index (Phi) is 5.36. The summed E-state index contributed by atoms with van der Waals surface area (Å²) in [4.78, 5) is 21.3. The molecular formula is C20H15ClN7O2-. The van der Waals surface area contributed by atoms with E-state index in [-0.39, 0.29) is 12.5 Å². The Balaban J connectivity index is 1.90. The highest BCUT2D eigenvalue weighted by atomic mass is 35.5. The topological polar surface area (TPSA) is 113 Å². The van der Waals surface area contributed by atoms with Gasteiger partial charge in [0.25, 0.3) is 0 Å². The van der Waals surface area contributed by atoms with E-state index in [0.717, 1.165) is 5.69 Å². The Bertz CT molecular complexity index is 1200. The van der Waals surface area contributed by atoms with E-state index in [1.54, 1.807) is 24.0 Å². The van der Waals surface area contributed by atoms with Crippen LogP contribution in [0.2, 0.25) is 5.02 Å². The number of aromatic nitrogens is 6. The van der Waals surface area contributed by atoms with Crippen molar-refractivity contribution in [1.82, 2.24) is 30.2 Å². The molecule has 4 aromatic rings. The highest BCUT2D eigenvalue weighted by molar-refractivity contribution is 6.33. The van der Waals surface area contributed by atoms with Crippen molar-refractivity contribution < 1.29 is 9.90 Å². The SMILES string of the molecule is CN(CC(=O)[O-])c1ncc(-c2nnnn2-c2ccccc2)c(-c2ccccc2Cl)n1. The lowest BCUT2D eigenvalue weighted by Gasteiger charge is -2.19. The van der Waals surface area contributed by atoms with Gasteiger partial charge in [-0.25, -0.2) is 9.97 Å². The van der Waals surface area contributed by atoms with Gasteiger partial charge < -0.3 is 14.8 Å². The lowest BCUT2D eigenvalue weighted by Crippen LogP contribution is -2.36. The summed E-state index contributed by atoms with van der Waals surface area (Å²) in [5.41, 5.74) is 2.42. The summed E-state index contributed by atoms with van der Waals surface area (Å²) < 4.78 is 1.57. The standard InChI is InChI=1S/C20H16ClN7O2/c1-27(12-17(29)30)20-22-11-15(18(23-20)14-9-5-6-10-16(14)21)19-24-25-26-28(19)13-7-3-2-4-8-13/h2-11H,12H2,1H3,(H,29,30)/p-1. The summed E-state index contributed by atoms with van der Waals surface area (Å²) in [5.74, 6) is -0.612. The average Bonchev–Trinajstić information content (AvgIpc) is 3.23. The lowest BCUT2D eigenvalue weighted by atomic mass is 10.1. The van der Waals surface area contributed by atoms with E-state index >= 15 is 0 Å². The molecular weight excluding hydrogens is 406 g/mol. The molecule has 0 unspecified atom stereocenters. The molecule has 2 aromatic carbocycles. The number of anilines is 1. The molecule has 0 amide bonds. The first kappa shape index (κ1) is 19.5. The summed E-state index contributed by atoms with van der Waals surface area (Å²) in [6.07, 6.45) is 1.55. The molecule has 0 aliphatic carbocycles. The zero-order valence-electron chi connectivity index (χ0n) is 15.8. The van der Waals surface area contributed by atoms with Crippen molar-refractivity contribution in [1.29, 1.82) is 0 Å². The Labute approximate surface area is 176 Å². The van der Waals surface area contributed by atoms with E-state index in [1.165, 1.54) is 4.90 Å². The van der Waals surface area contributed by atoms with Gasteiger partial charge in [0.15, 0.2) is 5.82 Å². The van der Waals surface area contributed by atoms with Crippen LogP contribution in [0.3, 0.4) is 0 Å². The van der Waals surface area contributed by atoms with Gasteiger partial charge in [0.2, 0.25) is 5.95 Å². The van der Waals surface area contributed by atoms with E-state index in [9.17, 15) is 9.90 Å². The summed E-state index contributed by atoms with van der Waals surface area (Å²) in [7, 11) is 1.56. The fourth-order valence-corrected chi connectivity index (χ4v) is 3.17. The highest BCUT2D eigenvalue weighted by Crippen LogP contribution is 2.34. The lowest BCUT2D eigenvalue weighted by molar-refractivity contribution is -0.303. The molecule has 150 valence electrons. The molecule has 30 heavy (non-hydrogen) atoms. The molecule has 9 nitrogen and oxygen atoms in total. The summed E-state index contributed by atoms with van der Waals surface area (Å²) in [5, 5.41) is 23.5. The number of tetrazole rings is 1. The molecule has 0 spiro atoms. The fourth-order valence-electron chi connectivity index (χ4n) is 2.94. The van der Waals surface area contributed by atoms with Crippen LogP contribution >= 0.6 is 11.6 Å². The van der Waals surface area contributed by atoms with Crippen molar-refractivity contribution in [3.63, 3.8) is 0 Å². The number of hydrogen-bond donors (Lipinski definition) is 0. The van der Waals surface area contributed by atoms with Crippen molar-refractivity contribution >= 4 is 23.5 Å². The van der Waals surface area contributed by atoms with Gasteiger partial charge in [0.05, 0.1) is 29.5 Å². The molecule has 0 radical (unpaired) electrons. The van der Waals surface area contributed by atoms with Gasteiger partial charge in [0, 0.05) is 23.8 Å². The van der Waals surface area contributed by atoms with Gasteiger partial charge in [-0.3, -0.25) is 0 Å². The third-order valence-electron chi connectivity index (χ3n) is 4.32. The Morgan fingerprint density at radius 1 is 1.10 bits per heavy atom. The minimum atomic E-state index is -1.24. The quantitative estimate of drug-likeness (QED) is 0.462. The molecule has 0 saturated carbocycles. The second-order valence-electron chi connectivity index (χ2n) is 6.39.